The summed E-state index contributed by atoms with van der Waals surface area (Å²) in [4.78, 5) is 24.4. The first kappa shape index (κ1) is 20.6. The number of benzene rings is 2. The lowest BCUT2D eigenvalue weighted by molar-refractivity contribution is -0.145. The van der Waals surface area contributed by atoms with Crippen molar-refractivity contribution in [2.24, 2.45) is 0 Å². The van der Waals surface area contributed by atoms with Gasteiger partial charge in [-0.1, -0.05) is 17.7 Å². The molecule has 0 aliphatic carbocycles. The number of aryl methyl sites for hydroxylation is 1. The molecule has 2 aromatic rings. The van der Waals surface area contributed by atoms with Gasteiger partial charge in [-0.2, -0.15) is 0 Å². The first-order valence-electron chi connectivity index (χ1n) is 8.40. The van der Waals surface area contributed by atoms with E-state index in [1.807, 2.05) is 6.92 Å². The highest BCUT2D eigenvalue weighted by atomic mass is 32.2. The average Bonchev–Trinajstić information content (AvgIpc) is 2.66. The summed E-state index contributed by atoms with van der Waals surface area (Å²) in [6.45, 7) is 3.31. The second kappa shape index (κ2) is 8.81. The minimum absolute atomic E-state index is 0.156. The second-order valence-electron chi connectivity index (χ2n) is 6.11. The summed E-state index contributed by atoms with van der Waals surface area (Å²) in [7, 11) is -2.07. The number of ketones is 1. The minimum atomic E-state index is -3.59. The fraction of sp³-hybridized carbons (Fsp3) is 0.300. The Bertz CT molecular complexity index is 898. The molecule has 7 heteroatoms. The molecule has 0 heterocycles. The van der Waals surface area contributed by atoms with Crippen molar-refractivity contribution >= 4 is 21.6 Å². The number of carbonyl (C=O) groups is 2. The van der Waals surface area contributed by atoms with Gasteiger partial charge in [0.05, 0.1) is 24.2 Å². The van der Waals surface area contributed by atoms with Crippen molar-refractivity contribution in [3.8, 4) is 5.75 Å². The van der Waals surface area contributed by atoms with E-state index in [1.165, 1.54) is 26.2 Å². The third-order valence-electron chi connectivity index (χ3n) is 4.01. The standard InChI is InChI=1S/C20H22O6S/c1-14-4-10-18(11-5-14)27(23,24)13-12-19(21)26-15(2)20(22)16-6-8-17(25-3)9-7-16/h4-11,15H,12-13H2,1-3H3/t15-/m0/s1. The van der Waals surface area contributed by atoms with Gasteiger partial charge in [-0.3, -0.25) is 9.59 Å². The largest absolute Gasteiger partial charge is 0.497 e. The Morgan fingerprint density at radius 2 is 1.59 bits per heavy atom. The van der Waals surface area contributed by atoms with Crippen LogP contribution in [0.4, 0.5) is 0 Å². The average molecular weight is 390 g/mol. The smallest absolute Gasteiger partial charge is 0.307 e. The molecule has 0 saturated heterocycles. The number of ether oxygens (including phenoxy) is 2. The van der Waals surface area contributed by atoms with Gasteiger partial charge in [0, 0.05) is 5.56 Å². The van der Waals surface area contributed by atoms with Crippen molar-refractivity contribution in [3.05, 3.63) is 59.7 Å². The zero-order valence-corrected chi connectivity index (χ0v) is 16.3. The lowest BCUT2D eigenvalue weighted by Gasteiger charge is -2.13. The molecule has 0 aromatic heterocycles. The number of methoxy groups -OCH3 is 1. The number of sulfone groups is 1. The van der Waals surface area contributed by atoms with E-state index in [0.29, 0.717) is 11.3 Å². The van der Waals surface area contributed by atoms with Crippen molar-refractivity contribution in [1.82, 2.24) is 0 Å². The third-order valence-corrected chi connectivity index (χ3v) is 5.74. The van der Waals surface area contributed by atoms with E-state index in [1.54, 1.807) is 36.4 Å². The fourth-order valence-electron chi connectivity index (χ4n) is 2.38. The molecule has 0 unspecified atom stereocenters. The molecule has 0 aliphatic rings. The molecule has 27 heavy (non-hydrogen) atoms. The Hall–Kier alpha value is -2.67. The molecule has 0 saturated carbocycles. The highest BCUT2D eigenvalue weighted by Crippen LogP contribution is 2.15. The molecule has 0 spiro atoms. The summed E-state index contributed by atoms with van der Waals surface area (Å²) in [5.74, 6) is -0.872. The number of hydrogen-bond acceptors (Lipinski definition) is 6. The first-order valence-corrected chi connectivity index (χ1v) is 10.1. The number of hydrogen-bond donors (Lipinski definition) is 0. The van der Waals surface area contributed by atoms with Crippen LogP contribution in [0.5, 0.6) is 5.75 Å². The Kier molecular flexibility index (Phi) is 6.74. The van der Waals surface area contributed by atoms with Gasteiger partial charge >= 0.3 is 5.97 Å². The van der Waals surface area contributed by atoms with Crippen molar-refractivity contribution in [1.29, 1.82) is 0 Å². The van der Waals surface area contributed by atoms with E-state index in [0.717, 1.165) is 5.56 Å². The predicted octanol–water partition coefficient (Wildman–Crippen LogP) is 2.98. The molecule has 0 radical (unpaired) electrons. The predicted molar refractivity (Wildman–Crippen MR) is 101 cm³/mol. The lowest BCUT2D eigenvalue weighted by atomic mass is 10.1. The van der Waals surface area contributed by atoms with Gasteiger partial charge in [0.15, 0.2) is 15.9 Å². The third kappa shape index (κ3) is 5.65. The Morgan fingerprint density at radius 1 is 1.00 bits per heavy atom. The topological polar surface area (TPSA) is 86.7 Å². The molecule has 0 aliphatic heterocycles. The maximum atomic E-state index is 12.3. The van der Waals surface area contributed by atoms with Crippen LogP contribution in [0.3, 0.4) is 0 Å². The van der Waals surface area contributed by atoms with Gasteiger partial charge in [0.25, 0.3) is 0 Å². The Balaban J connectivity index is 1.92. The van der Waals surface area contributed by atoms with Crippen LogP contribution in [0.25, 0.3) is 0 Å². The van der Waals surface area contributed by atoms with Crippen LogP contribution < -0.4 is 4.74 Å². The molecule has 144 valence electrons. The normalized spacial score (nSPS) is 12.3. The number of carbonyl (C=O) groups excluding carboxylic acids is 2. The summed E-state index contributed by atoms with van der Waals surface area (Å²) in [5, 5.41) is 0. The second-order valence-corrected chi connectivity index (χ2v) is 8.22. The fourth-order valence-corrected chi connectivity index (χ4v) is 3.60. The van der Waals surface area contributed by atoms with E-state index in [9.17, 15) is 18.0 Å². The first-order chi connectivity index (χ1) is 12.7. The summed E-state index contributed by atoms with van der Waals surface area (Å²) < 4.78 is 34.6. The summed E-state index contributed by atoms with van der Waals surface area (Å²) in [6, 6.07) is 12.8. The number of esters is 1. The molecule has 2 rings (SSSR count). The van der Waals surface area contributed by atoms with Crippen molar-refractivity contribution < 1.29 is 27.5 Å². The van der Waals surface area contributed by atoms with E-state index in [2.05, 4.69) is 0 Å². The molecule has 0 fully saturated rings. The Labute approximate surface area is 159 Å². The number of Topliss-reactive ketones (excluding diaryl/α,β-unsaturated/α-hetero) is 1. The van der Waals surface area contributed by atoms with Crippen LogP contribution in [0.15, 0.2) is 53.4 Å². The zero-order chi connectivity index (χ0) is 20.0. The maximum Gasteiger partial charge on any atom is 0.307 e. The van der Waals surface area contributed by atoms with Crippen LogP contribution in [-0.4, -0.2) is 39.1 Å². The zero-order valence-electron chi connectivity index (χ0n) is 15.5. The van der Waals surface area contributed by atoms with Crippen molar-refractivity contribution in [2.45, 2.75) is 31.3 Å². The van der Waals surface area contributed by atoms with E-state index < -0.39 is 21.9 Å². The number of rotatable bonds is 8. The summed E-state index contributed by atoms with van der Waals surface area (Å²) in [6.07, 6.45) is -1.33. The van der Waals surface area contributed by atoms with Crippen LogP contribution >= 0.6 is 0 Å². The molecule has 0 bridgehead atoms. The molecule has 6 nitrogen and oxygen atoms in total. The van der Waals surface area contributed by atoms with Gasteiger partial charge in [-0.15, -0.1) is 0 Å². The molecule has 1 atom stereocenters. The van der Waals surface area contributed by atoms with E-state index in [4.69, 9.17) is 9.47 Å². The molecule has 0 amide bonds. The van der Waals surface area contributed by atoms with Crippen molar-refractivity contribution in [2.75, 3.05) is 12.9 Å². The molecule has 0 N–H and O–H groups in total. The van der Waals surface area contributed by atoms with Gasteiger partial charge in [-0.05, 0) is 50.2 Å². The van der Waals surface area contributed by atoms with E-state index in [-0.39, 0.29) is 22.9 Å². The van der Waals surface area contributed by atoms with Crippen LogP contribution in [0.1, 0.15) is 29.3 Å². The van der Waals surface area contributed by atoms with Crippen LogP contribution in [-0.2, 0) is 19.4 Å². The minimum Gasteiger partial charge on any atom is -0.497 e. The molecular weight excluding hydrogens is 368 g/mol. The quantitative estimate of drug-likeness (QED) is 0.509. The van der Waals surface area contributed by atoms with Crippen LogP contribution in [0, 0.1) is 6.92 Å². The lowest BCUT2D eigenvalue weighted by Crippen LogP contribution is -2.25. The molecule has 2 aromatic carbocycles. The van der Waals surface area contributed by atoms with E-state index >= 15 is 0 Å². The Morgan fingerprint density at radius 3 is 2.15 bits per heavy atom. The van der Waals surface area contributed by atoms with Gasteiger partial charge in [-0.25, -0.2) is 8.42 Å². The van der Waals surface area contributed by atoms with Gasteiger partial charge in [0.1, 0.15) is 5.75 Å². The van der Waals surface area contributed by atoms with Crippen LogP contribution in [0.2, 0.25) is 0 Å². The highest BCUT2D eigenvalue weighted by molar-refractivity contribution is 7.91. The summed E-state index contributed by atoms with van der Waals surface area (Å²) in [5.41, 5.74) is 1.32. The highest BCUT2D eigenvalue weighted by Gasteiger charge is 2.22. The van der Waals surface area contributed by atoms with Crippen molar-refractivity contribution in [3.63, 3.8) is 0 Å². The van der Waals surface area contributed by atoms with Gasteiger partial charge in [0.2, 0.25) is 5.78 Å². The monoisotopic (exact) mass is 390 g/mol. The molecular formula is C20H22O6S. The SMILES string of the molecule is COc1ccc(C(=O)[C@H](C)OC(=O)CCS(=O)(=O)c2ccc(C)cc2)cc1. The van der Waals surface area contributed by atoms with Gasteiger partial charge < -0.3 is 9.47 Å². The maximum absolute atomic E-state index is 12.3. The summed E-state index contributed by atoms with van der Waals surface area (Å²) >= 11 is 0.